The number of aromatic nitrogens is 3. The van der Waals surface area contributed by atoms with Crippen LogP contribution in [0.3, 0.4) is 0 Å². The number of pyridine rings is 1. The molecular formula is C12H11N3O. The smallest absolute Gasteiger partial charge is 0.178 e. The molecule has 0 spiro atoms. The van der Waals surface area contributed by atoms with Gasteiger partial charge in [0.25, 0.3) is 0 Å². The monoisotopic (exact) mass is 213 g/mol. The Morgan fingerprint density at radius 2 is 2.00 bits per heavy atom. The molecule has 16 heavy (non-hydrogen) atoms. The van der Waals surface area contributed by atoms with Crippen molar-refractivity contribution in [3.05, 3.63) is 41.9 Å². The quantitative estimate of drug-likeness (QED) is 0.731. The van der Waals surface area contributed by atoms with Gasteiger partial charge in [0, 0.05) is 18.6 Å². The molecule has 0 aliphatic heterocycles. The van der Waals surface area contributed by atoms with E-state index in [-0.39, 0.29) is 0 Å². The van der Waals surface area contributed by atoms with E-state index in [0.717, 1.165) is 24.0 Å². The summed E-state index contributed by atoms with van der Waals surface area (Å²) < 4.78 is 0. The van der Waals surface area contributed by atoms with Crippen LogP contribution in [0.25, 0.3) is 11.5 Å². The van der Waals surface area contributed by atoms with Crippen LogP contribution in [0, 0.1) is 0 Å². The summed E-state index contributed by atoms with van der Waals surface area (Å²) in [5.74, 6) is 0.558. The van der Waals surface area contributed by atoms with E-state index in [1.54, 1.807) is 6.20 Å². The number of aryl methyl sites for hydroxylation is 1. The summed E-state index contributed by atoms with van der Waals surface area (Å²) in [5.41, 5.74) is 2.35. The van der Waals surface area contributed by atoms with Crippen molar-refractivity contribution in [2.45, 2.75) is 13.3 Å². The van der Waals surface area contributed by atoms with Crippen LogP contribution in [0.1, 0.15) is 22.8 Å². The second-order valence-electron chi connectivity index (χ2n) is 3.32. The molecule has 2 aromatic heterocycles. The Hall–Kier alpha value is -2.10. The van der Waals surface area contributed by atoms with E-state index in [4.69, 9.17) is 0 Å². The maximum atomic E-state index is 10.5. The molecule has 0 saturated heterocycles. The fourth-order valence-electron chi connectivity index (χ4n) is 1.45. The number of rotatable bonds is 3. The summed E-state index contributed by atoms with van der Waals surface area (Å²) in [4.78, 5) is 23.0. The summed E-state index contributed by atoms with van der Waals surface area (Å²) in [6.45, 7) is 2.06. The third kappa shape index (κ3) is 1.95. The van der Waals surface area contributed by atoms with Crippen LogP contribution in [-0.4, -0.2) is 21.2 Å². The minimum Gasteiger partial charge on any atom is -0.298 e. The van der Waals surface area contributed by atoms with Crippen molar-refractivity contribution >= 4 is 6.29 Å². The predicted molar refractivity (Wildman–Crippen MR) is 60.0 cm³/mol. The van der Waals surface area contributed by atoms with Crippen LogP contribution < -0.4 is 0 Å². The number of hydrogen-bond donors (Lipinski definition) is 0. The molecular weight excluding hydrogens is 202 g/mol. The van der Waals surface area contributed by atoms with Crippen molar-refractivity contribution in [1.82, 2.24) is 15.0 Å². The molecule has 0 amide bonds. The number of carbonyl (C=O) groups excluding carboxylic acids is 1. The highest BCUT2D eigenvalue weighted by atomic mass is 16.1. The number of carbonyl (C=O) groups is 1. The van der Waals surface area contributed by atoms with E-state index in [9.17, 15) is 4.79 Å². The molecule has 2 heterocycles. The molecule has 0 aliphatic carbocycles. The van der Waals surface area contributed by atoms with Gasteiger partial charge in [0.2, 0.25) is 0 Å². The van der Waals surface area contributed by atoms with Gasteiger partial charge in [0.15, 0.2) is 12.1 Å². The molecule has 2 rings (SSSR count). The fraction of sp³-hybridized carbons (Fsp3) is 0.167. The van der Waals surface area contributed by atoms with Gasteiger partial charge in [-0.05, 0) is 18.1 Å². The highest BCUT2D eigenvalue weighted by Crippen LogP contribution is 2.16. The van der Waals surface area contributed by atoms with E-state index in [0.29, 0.717) is 11.4 Å². The lowest BCUT2D eigenvalue weighted by molar-refractivity contribution is 0.112. The van der Waals surface area contributed by atoms with Gasteiger partial charge in [-0.3, -0.25) is 9.78 Å². The van der Waals surface area contributed by atoms with Crippen molar-refractivity contribution in [3.8, 4) is 11.5 Å². The molecule has 4 heteroatoms. The van der Waals surface area contributed by atoms with E-state index >= 15 is 0 Å². The van der Waals surface area contributed by atoms with Crippen LogP contribution in [0.5, 0.6) is 0 Å². The van der Waals surface area contributed by atoms with Gasteiger partial charge in [-0.2, -0.15) is 0 Å². The zero-order valence-corrected chi connectivity index (χ0v) is 8.92. The zero-order chi connectivity index (χ0) is 11.4. The molecule has 0 atom stereocenters. The Morgan fingerprint density at radius 1 is 1.25 bits per heavy atom. The maximum absolute atomic E-state index is 10.5. The number of hydrogen-bond acceptors (Lipinski definition) is 4. The fourth-order valence-corrected chi connectivity index (χ4v) is 1.45. The first-order valence-corrected chi connectivity index (χ1v) is 5.06. The summed E-state index contributed by atoms with van der Waals surface area (Å²) in [7, 11) is 0. The van der Waals surface area contributed by atoms with Crippen LogP contribution in [0.15, 0.2) is 30.7 Å². The molecule has 0 saturated carbocycles. The molecule has 0 bridgehead atoms. The van der Waals surface area contributed by atoms with Gasteiger partial charge >= 0.3 is 0 Å². The average molecular weight is 213 g/mol. The van der Waals surface area contributed by atoms with Gasteiger partial charge < -0.3 is 0 Å². The molecule has 0 aliphatic rings. The molecule has 4 nitrogen and oxygen atoms in total. The van der Waals surface area contributed by atoms with Crippen molar-refractivity contribution in [2.24, 2.45) is 0 Å². The van der Waals surface area contributed by atoms with Crippen LogP contribution >= 0.6 is 0 Å². The zero-order valence-electron chi connectivity index (χ0n) is 8.92. The molecule has 0 unspecified atom stereocenters. The Labute approximate surface area is 93.4 Å². The highest BCUT2D eigenvalue weighted by Gasteiger charge is 2.07. The Kier molecular flexibility index (Phi) is 3.00. The van der Waals surface area contributed by atoms with E-state index in [1.807, 2.05) is 12.1 Å². The number of aldehydes is 1. The molecule has 80 valence electrons. The molecule has 2 aromatic rings. The second-order valence-corrected chi connectivity index (χ2v) is 3.32. The lowest BCUT2D eigenvalue weighted by atomic mass is 10.1. The van der Waals surface area contributed by atoms with Crippen LogP contribution in [0.4, 0.5) is 0 Å². The first kappa shape index (κ1) is 10.4. The minimum absolute atomic E-state index is 0.470. The van der Waals surface area contributed by atoms with Gasteiger partial charge in [0.1, 0.15) is 5.69 Å². The minimum atomic E-state index is 0.470. The summed E-state index contributed by atoms with van der Waals surface area (Å²) in [6.07, 6.45) is 6.32. The largest absolute Gasteiger partial charge is 0.298 e. The Bertz CT molecular complexity index is 494. The molecule has 0 N–H and O–H groups in total. The SMILES string of the molecule is CCc1cccnc1-c1ncc(C=O)cn1. The van der Waals surface area contributed by atoms with Gasteiger partial charge in [-0.15, -0.1) is 0 Å². The summed E-state index contributed by atoms with van der Waals surface area (Å²) in [5, 5.41) is 0. The van der Waals surface area contributed by atoms with Crippen molar-refractivity contribution < 1.29 is 4.79 Å². The van der Waals surface area contributed by atoms with Crippen molar-refractivity contribution in [2.75, 3.05) is 0 Å². The van der Waals surface area contributed by atoms with Crippen molar-refractivity contribution in [3.63, 3.8) is 0 Å². The first-order valence-electron chi connectivity index (χ1n) is 5.06. The van der Waals surface area contributed by atoms with E-state index < -0.39 is 0 Å². The van der Waals surface area contributed by atoms with Gasteiger partial charge in [-0.25, -0.2) is 9.97 Å². The maximum Gasteiger partial charge on any atom is 0.178 e. The molecule has 0 fully saturated rings. The predicted octanol–water partition coefficient (Wildman–Crippen LogP) is 1.91. The Morgan fingerprint density at radius 3 is 2.62 bits per heavy atom. The van der Waals surface area contributed by atoms with Crippen LogP contribution in [0.2, 0.25) is 0 Å². The second kappa shape index (κ2) is 4.61. The first-order chi connectivity index (χ1) is 7.85. The molecule has 0 aromatic carbocycles. The lowest BCUT2D eigenvalue weighted by Gasteiger charge is -2.04. The third-order valence-electron chi connectivity index (χ3n) is 2.29. The summed E-state index contributed by atoms with van der Waals surface area (Å²) >= 11 is 0. The van der Waals surface area contributed by atoms with Crippen molar-refractivity contribution in [1.29, 1.82) is 0 Å². The van der Waals surface area contributed by atoms with E-state index in [2.05, 4.69) is 21.9 Å². The summed E-state index contributed by atoms with van der Waals surface area (Å²) in [6, 6.07) is 3.89. The number of nitrogens with zero attached hydrogens (tertiary/aromatic N) is 3. The Balaban J connectivity index is 2.45. The highest BCUT2D eigenvalue weighted by molar-refractivity contribution is 5.73. The van der Waals surface area contributed by atoms with Gasteiger partial charge in [-0.1, -0.05) is 13.0 Å². The van der Waals surface area contributed by atoms with Gasteiger partial charge in [0.05, 0.1) is 5.56 Å². The molecule has 0 radical (unpaired) electrons. The van der Waals surface area contributed by atoms with E-state index in [1.165, 1.54) is 12.4 Å². The average Bonchev–Trinajstić information content (AvgIpc) is 2.39. The van der Waals surface area contributed by atoms with Crippen LogP contribution in [-0.2, 0) is 6.42 Å². The topological polar surface area (TPSA) is 55.7 Å². The third-order valence-corrected chi connectivity index (χ3v) is 2.29. The standard InChI is InChI=1S/C12H11N3O/c1-2-10-4-3-5-13-11(10)12-14-6-9(8-16)7-15-12/h3-8H,2H2,1H3. The lowest BCUT2D eigenvalue weighted by Crippen LogP contribution is -1.97. The normalized spacial score (nSPS) is 10.1.